The minimum absolute atomic E-state index is 0.0470. The van der Waals surface area contributed by atoms with Crippen molar-refractivity contribution in [1.29, 1.82) is 0 Å². The van der Waals surface area contributed by atoms with E-state index in [0.717, 1.165) is 32.5 Å². The number of amides is 2. The summed E-state index contributed by atoms with van der Waals surface area (Å²) in [5, 5.41) is 6.03. The molecule has 0 radical (unpaired) electrons. The topological polar surface area (TPSA) is 79.9 Å². The van der Waals surface area contributed by atoms with Crippen LogP contribution in [-0.2, 0) is 4.79 Å². The third kappa shape index (κ3) is 7.58. The molecule has 1 aromatic rings. The number of ether oxygens (including phenoxy) is 2. The molecule has 1 heterocycles. The summed E-state index contributed by atoms with van der Waals surface area (Å²) in [5.41, 5.74) is 1.71. The first-order chi connectivity index (χ1) is 14.7. The quantitative estimate of drug-likeness (QED) is 0.588. The third-order valence-electron chi connectivity index (χ3n) is 5.54. The maximum absolute atomic E-state index is 13.0. The van der Waals surface area contributed by atoms with Gasteiger partial charge >= 0.3 is 0 Å². The molecule has 1 atom stereocenters. The number of likely N-dealkylation sites (tertiary alicyclic amines) is 1. The van der Waals surface area contributed by atoms with Crippen LogP contribution in [0, 0.1) is 5.92 Å². The molecule has 31 heavy (non-hydrogen) atoms. The summed E-state index contributed by atoms with van der Waals surface area (Å²) in [6.45, 7) is 10.9. The zero-order valence-corrected chi connectivity index (χ0v) is 19.7. The van der Waals surface area contributed by atoms with Crippen molar-refractivity contribution in [3.8, 4) is 11.5 Å². The lowest BCUT2D eigenvalue weighted by Gasteiger charge is -2.33. The van der Waals surface area contributed by atoms with Gasteiger partial charge in [-0.2, -0.15) is 0 Å². The molecule has 2 rings (SSSR count). The number of benzene rings is 1. The number of piperidine rings is 1. The fraction of sp³-hybridized carbons (Fsp3) is 0.583. The van der Waals surface area contributed by atoms with Crippen molar-refractivity contribution in [2.45, 2.75) is 52.6 Å². The van der Waals surface area contributed by atoms with Crippen LogP contribution in [0.5, 0.6) is 11.5 Å². The summed E-state index contributed by atoms with van der Waals surface area (Å²) >= 11 is 0. The summed E-state index contributed by atoms with van der Waals surface area (Å²) in [6, 6.07) is 4.48. The Balaban J connectivity index is 1.97. The van der Waals surface area contributed by atoms with Crippen LogP contribution in [-0.4, -0.2) is 62.7 Å². The van der Waals surface area contributed by atoms with Gasteiger partial charge in [0.15, 0.2) is 0 Å². The van der Waals surface area contributed by atoms with Crippen molar-refractivity contribution in [3.63, 3.8) is 0 Å². The van der Waals surface area contributed by atoms with E-state index in [1.54, 1.807) is 18.2 Å². The van der Waals surface area contributed by atoms with Crippen LogP contribution < -0.4 is 20.1 Å². The van der Waals surface area contributed by atoms with E-state index in [4.69, 9.17) is 9.47 Å². The van der Waals surface area contributed by atoms with Crippen molar-refractivity contribution in [2.75, 3.05) is 33.9 Å². The Hall–Kier alpha value is -2.54. The van der Waals surface area contributed by atoms with Gasteiger partial charge in [0.1, 0.15) is 17.5 Å². The molecule has 172 valence electrons. The highest BCUT2D eigenvalue weighted by molar-refractivity contribution is 5.98. The summed E-state index contributed by atoms with van der Waals surface area (Å²) in [5.74, 6) is 0.530. The Bertz CT molecular complexity index is 757. The van der Waals surface area contributed by atoms with E-state index in [-0.39, 0.29) is 23.8 Å². The molecule has 7 heteroatoms. The highest BCUT2D eigenvalue weighted by atomic mass is 16.5. The lowest BCUT2D eigenvalue weighted by Crippen LogP contribution is -2.54. The van der Waals surface area contributed by atoms with Crippen LogP contribution in [0.2, 0.25) is 0 Å². The van der Waals surface area contributed by atoms with Gasteiger partial charge in [0.25, 0.3) is 5.91 Å². The largest absolute Gasteiger partial charge is 0.497 e. The van der Waals surface area contributed by atoms with E-state index in [1.807, 2.05) is 13.8 Å². The van der Waals surface area contributed by atoms with E-state index in [0.29, 0.717) is 17.1 Å². The third-order valence-corrected chi connectivity index (χ3v) is 5.54. The van der Waals surface area contributed by atoms with Crippen LogP contribution >= 0.6 is 0 Å². The van der Waals surface area contributed by atoms with Crippen LogP contribution in [0.4, 0.5) is 0 Å². The minimum Gasteiger partial charge on any atom is -0.497 e. The SMILES string of the molecule is COc1cc(OC)cc(C(=O)NC(C(=O)NC2CCN(CC=C(C)C)CC2)C(C)C)c1. The highest BCUT2D eigenvalue weighted by Crippen LogP contribution is 2.22. The van der Waals surface area contributed by atoms with Gasteiger partial charge in [-0.3, -0.25) is 14.5 Å². The van der Waals surface area contributed by atoms with Gasteiger partial charge in [-0.1, -0.05) is 25.5 Å². The Morgan fingerprint density at radius 2 is 1.68 bits per heavy atom. The Kier molecular flexibility index (Phi) is 9.37. The first kappa shape index (κ1) is 24.7. The normalized spacial score (nSPS) is 15.8. The predicted molar refractivity (Wildman–Crippen MR) is 123 cm³/mol. The molecule has 2 N–H and O–H groups in total. The minimum atomic E-state index is -0.617. The van der Waals surface area contributed by atoms with Crippen LogP contribution in [0.25, 0.3) is 0 Å². The lowest BCUT2D eigenvalue weighted by molar-refractivity contribution is -0.125. The number of carbonyl (C=O) groups excluding carboxylic acids is 2. The van der Waals surface area contributed by atoms with E-state index in [1.165, 1.54) is 19.8 Å². The van der Waals surface area contributed by atoms with E-state index < -0.39 is 6.04 Å². The number of hydrogen-bond donors (Lipinski definition) is 2. The number of nitrogens with one attached hydrogen (secondary N) is 2. The number of carbonyl (C=O) groups is 2. The van der Waals surface area contributed by atoms with Gasteiger partial charge in [0.2, 0.25) is 5.91 Å². The molecule has 1 fully saturated rings. The molecule has 1 aliphatic heterocycles. The van der Waals surface area contributed by atoms with Crippen molar-refractivity contribution in [3.05, 3.63) is 35.4 Å². The van der Waals surface area contributed by atoms with Gasteiger partial charge in [-0.25, -0.2) is 0 Å². The molecular weight excluding hydrogens is 394 g/mol. The zero-order chi connectivity index (χ0) is 23.0. The molecule has 0 aromatic heterocycles. The summed E-state index contributed by atoms with van der Waals surface area (Å²) in [6.07, 6.45) is 4.05. The monoisotopic (exact) mass is 431 g/mol. The molecule has 0 spiro atoms. The summed E-state index contributed by atoms with van der Waals surface area (Å²) in [7, 11) is 3.07. The van der Waals surface area contributed by atoms with E-state index in [2.05, 4.69) is 35.5 Å². The fourth-order valence-corrected chi connectivity index (χ4v) is 3.56. The Morgan fingerprint density at radius 1 is 1.10 bits per heavy atom. The van der Waals surface area contributed by atoms with Crippen molar-refractivity contribution in [2.24, 2.45) is 5.92 Å². The molecular formula is C24H37N3O4. The van der Waals surface area contributed by atoms with Gasteiger partial charge < -0.3 is 20.1 Å². The molecule has 0 bridgehead atoms. The van der Waals surface area contributed by atoms with E-state index >= 15 is 0 Å². The van der Waals surface area contributed by atoms with Gasteiger partial charge in [0.05, 0.1) is 14.2 Å². The molecule has 1 unspecified atom stereocenters. The molecule has 7 nitrogen and oxygen atoms in total. The maximum Gasteiger partial charge on any atom is 0.252 e. The second-order valence-corrected chi connectivity index (χ2v) is 8.66. The zero-order valence-electron chi connectivity index (χ0n) is 19.7. The first-order valence-electron chi connectivity index (χ1n) is 10.9. The van der Waals surface area contributed by atoms with E-state index in [9.17, 15) is 9.59 Å². The number of allylic oxidation sites excluding steroid dienone is 1. The van der Waals surface area contributed by atoms with Crippen molar-refractivity contribution >= 4 is 11.8 Å². The average molecular weight is 432 g/mol. The average Bonchev–Trinajstić information content (AvgIpc) is 2.75. The molecule has 1 saturated heterocycles. The second kappa shape index (κ2) is 11.7. The molecule has 0 saturated carbocycles. The highest BCUT2D eigenvalue weighted by Gasteiger charge is 2.28. The maximum atomic E-state index is 13.0. The molecule has 0 aliphatic carbocycles. The lowest BCUT2D eigenvalue weighted by atomic mass is 10.00. The molecule has 1 aromatic carbocycles. The predicted octanol–water partition coefficient (Wildman–Crippen LogP) is 3.01. The Labute approximate surface area is 186 Å². The standard InChI is InChI=1S/C24H37N3O4/c1-16(2)7-10-27-11-8-19(9-12-27)25-24(29)22(17(3)4)26-23(28)18-13-20(30-5)15-21(14-18)31-6/h7,13-15,17,19,22H,8-12H2,1-6H3,(H,25,29)(H,26,28). The number of hydrogen-bond acceptors (Lipinski definition) is 5. The summed E-state index contributed by atoms with van der Waals surface area (Å²) < 4.78 is 10.5. The van der Waals surface area contributed by atoms with Gasteiger partial charge in [-0.05, 0) is 44.7 Å². The number of nitrogens with zero attached hydrogens (tertiary/aromatic N) is 1. The van der Waals surface area contributed by atoms with Crippen LogP contribution in [0.3, 0.4) is 0 Å². The summed E-state index contributed by atoms with van der Waals surface area (Å²) in [4.78, 5) is 28.2. The van der Waals surface area contributed by atoms with Gasteiger partial charge in [-0.15, -0.1) is 0 Å². The first-order valence-corrected chi connectivity index (χ1v) is 10.9. The van der Waals surface area contributed by atoms with Gasteiger partial charge in [0, 0.05) is 37.3 Å². The molecule has 2 amide bonds. The fourth-order valence-electron chi connectivity index (χ4n) is 3.56. The Morgan fingerprint density at radius 3 is 2.16 bits per heavy atom. The van der Waals surface area contributed by atoms with Crippen LogP contribution in [0.15, 0.2) is 29.8 Å². The molecule has 1 aliphatic rings. The smallest absolute Gasteiger partial charge is 0.252 e. The van der Waals surface area contributed by atoms with Crippen LogP contribution in [0.1, 0.15) is 50.9 Å². The second-order valence-electron chi connectivity index (χ2n) is 8.66. The van der Waals surface area contributed by atoms with Crippen molar-refractivity contribution in [1.82, 2.24) is 15.5 Å². The number of rotatable bonds is 9. The van der Waals surface area contributed by atoms with Crippen molar-refractivity contribution < 1.29 is 19.1 Å². The number of methoxy groups -OCH3 is 2.